The second-order valence-corrected chi connectivity index (χ2v) is 6.52. The Kier molecular flexibility index (Phi) is 5.16. The smallest absolute Gasteiger partial charge is 0.406 e. The summed E-state index contributed by atoms with van der Waals surface area (Å²) in [6, 6.07) is 10.9. The molecule has 1 unspecified atom stereocenters. The first kappa shape index (κ1) is 18.9. The molecule has 8 heteroatoms. The molecule has 0 spiro atoms. The number of hydrogen-bond acceptors (Lipinski definition) is 4. The number of nitrogens with one attached hydrogen (secondary N) is 1. The minimum Gasteiger partial charge on any atom is -0.406 e. The van der Waals surface area contributed by atoms with E-state index in [0.29, 0.717) is 36.4 Å². The molecule has 3 N–H and O–H groups in total. The van der Waals surface area contributed by atoms with Gasteiger partial charge in [0, 0.05) is 42.1 Å². The van der Waals surface area contributed by atoms with Gasteiger partial charge in [-0.15, -0.1) is 13.2 Å². The SMILES string of the molecule is Cc1ccc(N)cc1C(=O)NC1CCN(c2cccc(OC(F)(F)F)c2)C1. The highest BCUT2D eigenvalue weighted by Crippen LogP contribution is 2.28. The molecule has 2 aromatic rings. The van der Waals surface area contributed by atoms with Gasteiger partial charge in [0.2, 0.25) is 0 Å². The van der Waals surface area contributed by atoms with Crippen LogP contribution < -0.4 is 20.7 Å². The Balaban J connectivity index is 1.64. The Morgan fingerprint density at radius 3 is 2.78 bits per heavy atom. The summed E-state index contributed by atoms with van der Waals surface area (Å²) < 4.78 is 41.1. The second-order valence-electron chi connectivity index (χ2n) is 6.52. The number of amides is 1. The molecule has 2 aromatic carbocycles. The molecule has 1 heterocycles. The van der Waals surface area contributed by atoms with Gasteiger partial charge in [-0.25, -0.2) is 0 Å². The Hall–Kier alpha value is -2.90. The maximum Gasteiger partial charge on any atom is 0.573 e. The summed E-state index contributed by atoms with van der Waals surface area (Å²) in [6.45, 7) is 2.96. The van der Waals surface area contributed by atoms with Crippen LogP contribution in [0.2, 0.25) is 0 Å². The molecule has 1 fully saturated rings. The fraction of sp³-hybridized carbons (Fsp3) is 0.316. The van der Waals surface area contributed by atoms with Crippen molar-refractivity contribution in [3.8, 4) is 5.75 Å². The number of alkyl halides is 3. The van der Waals surface area contributed by atoms with E-state index >= 15 is 0 Å². The number of rotatable bonds is 4. The molecule has 0 radical (unpaired) electrons. The van der Waals surface area contributed by atoms with Crippen molar-refractivity contribution in [2.45, 2.75) is 25.7 Å². The first-order valence-corrected chi connectivity index (χ1v) is 8.49. The number of carbonyl (C=O) groups excluding carboxylic acids is 1. The third-order valence-corrected chi connectivity index (χ3v) is 4.45. The molecular formula is C19H20F3N3O2. The lowest BCUT2D eigenvalue weighted by Gasteiger charge is -2.20. The molecule has 27 heavy (non-hydrogen) atoms. The summed E-state index contributed by atoms with van der Waals surface area (Å²) >= 11 is 0. The predicted molar refractivity (Wildman–Crippen MR) is 96.8 cm³/mol. The van der Waals surface area contributed by atoms with E-state index in [4.69, 9.17) is 5.73 Å². The topological polar surface area (TPSA) is 67.6 Å². The van der Waals surface area contributed by atoms with Crippen molar-refractivity contribution >= 4 is 17.3 Å². The Bertz CT molecular complexity index is 839. The number of halogens is 3. The monoisotopic (exact) mass is 379 g/mol. The lowest BCUT2D eigenvalue weighted by Crippen LogP contribution is -2.37. The van der Waals surface area contributed by atoms with Crippen LogP contribution >= 0.6 is 0 Å². The van der Waals surface area contributed by atoms with Crippen LogP contribution in [0.15, 0.2) is 42.5 Å². The second kappa shape index (κ2) is 7.38. The first-order chi connectivity index (χ1) is 12.7. The van der Waals surface area contributed by atoms with E-state index in [-0.39, 0.29) is 17.7 Å². The molecule has 0 aliphatic carbocycles. The lowest BCUT2D eigenvalue weighted by atomic mass is 10.1. The molecule has 1 aliphatic rings. The van der Waals surface area contributed by atoms with Crippen LogP contribution in [0.4, 0.5) is 24.5 Å². The average Bonchev–Trinajstić information content (AvgIpc) is 3.04. The number of hydrogen-bond donors (Lipinski definition) is 2. The highest BCUT2D eigenvalue weighted by molar-refractivity contribution is 5.96. The number of nitrogens with zero attached hydrogens (tertiary/aromatic N) is 1. The van der Waals surface area contributed by atoms with Crippen LogP contribution in [0, 0.1) is 6.92 Å². The van der Waals surface area contributed by atoms with Crippen molar-refractivity contribution in [1.29, 1.82) is 0 Å². The van der Waals surface area contributed by atoms with Crippen molar-refractivity contribution in [2.24, 2.45) is 0 Å². The minimum atomic E-state index is -4.73. The Morgan fingerprint density at radius 1 is 1.26 bits per heavy atom. The maximum atomic E-state index is 12.5. The van der Waals surface area contributed by atoms with E-state index in [1.807, 2.05) is 11.8 Å². The molecule has 144 valence electrons. The Morgan fingerprint density at radius 2 is 2.04 bits per heavy atom. The molecule has 0 aromatic heterocycles. The number of nitrogen functional groups attached to an aromatic ring is 1. The van der Waals surface area contributed by atoms with Crippen LogP contribution in [0.25, 0.3) is 0 Å². The maximum absolute atomic E-state index is 12.5. The highest BCUT2D eigenvalue weighted by Gasteiger charge is 2.31. The summed E-state index contributed by atoms with van der Waals surface area (Å²) in [7, 11) is 0. The van der Waals surface area contributed by atoms with Crippen LogP contribution in [0.3, 0.4) is 0 Å². The van der Waals surface area contributed by atoms with Gasteiger partial charge in [0.05, 0.1) is 0 Å². The van der Waals surface area contributed by atoms with Crippen LogP contribution in [0.5, 0.6) is 5.75 Å². The van der Waals surface area contributed by atoms with E-state index in [9.17, 15) is 18.0 Å². The van der Waals surface area contributed by atoms with Gasteiger partial charge in [-0.2, -0.15) is 0 Å². The van der Waals surface area contributed by atoms with Crippen molar-refractivity contribution in [2.75, 3.05) is 23.7 Å². The van der Waals surface area contributed by atoms with Gasteiger partial charge < -0.3 is 20.7 Å². The quantitative estimate of drug-likeness (QED) is 0.798. The van der Waals surface area contributed by atoms with E-state index in [2.05, 4.69) is 10.1 Å². The summed E-state index contributed by atoms with van der Waals surface area (Å²) in [6.07, 6.45) is -4.03. The fourth-order valence-electron chi connectivity index (χ4n) is 3.14. The Labute approximate surface area is 154 Å². The van der Waals surface area contributed by atoms with Gasteiger partial charge in [0.15, 0.2) is 0 Å². The van der Waals surface area contributed by atoms with Crippen molar-refractivity contribution in [3.63, 3.8) is 0 Å². The zero-order chi connectivity index (χ0) is 19.6. The van der Waals surface area contributed by atoms with E-state index < -0.39 is 6.36 Å². The fourth-order valence-corrected chi connectivity index (χ4v) is 3.14. The van der Waals surface area contributed by atoms with Gasteiger partial charge in [-0.1, -0.05) is 12.1 Å². The molecule has 1 atom stereocenters. The van der Waals surface area contributed by atoms with E-state index in [1.54, 1.807) is 24.3 Å². The third kappa shape index (κ3) is 4.84. The molecule has 3 rings (SSSR count). The molecule has 1 amide bonds. The molecular weight excluding hydrogens is 359 g/mol. The number of anilines is 2. The molecule has 0 saturated carbocycles. The normalized spacial score (nSPS) is 17.0. The minimum absolute atomic E-state index is 0.106. The van der Waals surface area contributed by atoms with E-state index in [0.717, 1.165) is 5.56 Å². The molecule has 1 saturated heterocycles. The zero-order valence-electron chi connectivity index (χ0n) is 14.7. The van der Waals surface area contributed by atoms with Crippen LogP contribution in [0.1, 0.15) is 22.3 Å². The van der Waals surface area contributed by atoms with Crippen molar-refractivity contribution < 1.29 is 22.7 Å². The van der Waals surface area contributed by atoms with E-state index in [1.165, 1.54) is 18.2 Å². The van der Waals surface area contributed by atoms with Crippen molar-refractivity contribution in [3.05, 3.63) is 53.6 Å². The number of ether oxygens (including phenoxy) is 1. The summed E-state index contributed by atoms with van der Waals surface area (Å²) in [5.41, 5.74) is 8.23. The molecule has 1 aliphatic heterocycles. The number of nitrogens with two attached hydrogens (primary N) is 1. The van der Waals surface area contributed by atoms with Gasteiger partial charge in [0.25, 0.3) is 5.91 Å². The number of aryl methyl sites for hydroxylation is 1. The summed E-state index contributed by atoms with van der Waals surface area (Å²) in [5.74, 6) is -0.469. The number of benzene rings is 2. The van der Waals surface area contributed by atoms with Gasteiger partial charge in [-0.05, 0) is 43.2 Å². The van der Waals surface area contributed by atoms with Gasteiger partial charge in [-0.3, -0.25) is 4.79 Å². The standard InChI is InChI=1S/C19H20F3N3O2/c1-12-5-6-13(23)9-17(12)18(26)24-14-7-8-25(11-14)15-3-2-4-16(10-15)27-19(20,21)22/h2-6,9-10,14H,7-8,11,23H2,1H3,(H,24,26). The van der Waals surface area contributed by atoms with Gasteiger partial charge >= 0.3 is 6.36 Å². The third-order valence-electron chi connectivity index (χ3n) is 4.45. The van der Waals surface area contributed by atoms with Crippen LogP contribution in [-0.4, -0.2) is 31.4 Å². The summed E-state index contributed by atoms with van der Waals surface area (Å²) in [4.78, 5) is 14.4. The first-order valence-electron chi connectivity index (χ1n) is 8.49. The highest BCUT2D eigenvalue weighted by atomic mass is 19.4. The zero-order valence-corrected chi connectivity index (χ0v) is 14.7. The molecule has 0 bridgehead atoms. The summed E-state index contributed by atoms with van der Waals surface area (Å²) in [5, 5.41) is 2.97. The largest absolute Gasteiger partial charge is 0.573 e. The van der Waals surface area contributed by atoms with Crippen LogP contribution in [-0.2, 0) is 0 Å². The van der Waals surface area contributed by atoms with Crippen molar-refractivity contribution in [1.82, 2.24) is 5.32 Å². The number of carbonyl (C=O) groups is 1. The van der Waals surface area contributed by atoms with Gasteiger partial charge in [0.1, 0.15) is 5.75 Å². The average molecular weight is 379 g/mol. The predicted octanol–water partition coefficient (Wildman–Crippen LogP) is 3.48. The lowest BCUT2D eigenvalue weighted by molar-refractivity contribution is -0.274. The molecule has 5 nitrogen and oxygen atoms in total.